The molecule has 2 nitrogen and oxygen atoms in total. The Morgan fingerprint density at radius 3 is 2.31 bits per heavy atom. The van der Waals surface area contributed by atoms with E-state index in [0.29, 0.717) is 0 Å². The minimum absolute atomic E-state index is 0.197. The van der Waals surface area contributed by atoms with E-state index in [1.54, 1.807) is 0 Å². The molecule has 0 fully saturated rings. The summed E-state index contributed by atoms with van der Waals surface area (Å²) in [6.45, 7) is 12.8. The molecule has 1 heterocycles. The van der Waals surface area contributed by atoms with Crippen molar-refractivity contribution in [1.29, 1.82) is 0 Å². The number of hydrogen-bond donors (Lipinski definition) is 0. The molecule has 0 amide bonds. The van der Waals surface area contributed by atoms with Crippen molar-refractivity contribution in [3.05, 3.63) is 24.0 Å². The fourth-order valence-corrected chi connectivity index (χ4v) is 1.47. The number of rotatable bonds is 4. The molecule has 0 spiro atoms. The van der Waals surface area contributed by atoms with Crippen LogP contribution in [0, 0.1) is 5.41 Å². The highest BCUT2D eigenvalue weighted by Crippen LogP contribution is 2.22. The summed E-state index contributed by atoms with van der Waals surface area (Å²) in [5, 5.41) is 0. The van der Waals surface area contributed by atoms with Gasteiger partial charge in [0, 0.05) is 19.2 Å². The Balaban J connectivity index is 2.75. The van der Waals surface area contributed by atoms with Crippen molar-refractivity contribution in [3.63, 3.8) is 0 Å². The van der Waals surface area contributed by atoms with Gasteiger partial charge in [0.1, 0.15) is 5.76 Å². The summed E-state index contributed by atoms with van der Waals surface area (Å²) in [5.74, 6) is 1.88. The molecule has 0 bridgehead atoms. The predicted octanol–water partition coefficient (Wildman–Crippen LogP) is 4.19. The van der Waals surface area contributed by atoms with E-state index in [1.807, 2.05) is 18.2 Å². The van der Waals surface area contributed by atoms with Crippen molar-refractivity contribution in [2.75, 3.05) is 18.0 Å². The van der Waals surface area contributed by atoms with Crippen LogP contribution in [0.4, 0.5) is 5.88 Å². The lowest BCUT2D eigenvalue weighted by Gasteiger charge is -2.16. The van der Waals surface area contributed by atoms with Crippen LogP contribution in [-0.2, 0) is 0 Å². The van der Waals surface area contributed by atoms with Gasteiger partial charge in [-0.2, -0.15) is 0 Å². The standard InChI is InChI=1S/C14H23NO/c1-6-15(7-2)13-9-8-12(16-13)10-11-14(3,4)5/h8-11H,6-7H2,1-5H3/b11-10+. The lowest BCUT2D eigenvalue weighted by molar-refractivity contribution is 0.530. The summed E-state index contributed by atoms with van der Waals surface area (Å²) >= 11 is 0. The molecule has 0 saturated carbocycles. The first kappa shape index (κ1) is 12.9. The molecule has 1 rings (SSSR count). The normalized spacial score (nSPS) is 12.3. The van der Waals surface area contributed by atoms with Crippen LogP contribution in [0.5, 0.6) is 0 Å². The number of hydrogen-bond acceptors (Lipinski definition) is 2. The fourth-order valence-electron chi connectivity index (χ4n) is 1.47. The van der Waals surface area contributed by atoms with E-state index in [2.05, 4.69) is 45.6 Å². The van der Waals surface area contributed by atoms with Crippen LogP contribution in [0.25, 0.3) is 6.08 Å². The van der Waals surface area contributed by atoms with Crippen molar-refractivity contribution < 1.29 is 4.42 Å². The monoisotopic (exact) mass is 221 g/mol. The van der Waals surface area contributed by atoms with Gasteiger partial charge in [0.15, 0.2) is 5.88 Å². The van der Waals surface area contributed by atoms with Gasteiger partial charge in [-0.05, 0) is 31.4 Å². The first-order chi connectivity index (χ1) is 7.46. The molecule has 1 aromatic rings. The molecule has 0 aliphatic carbocycles. The van der Waals surface area contributed by atoms with Gasteiger partial charge in [0.05, 0.1) is 0 Å². The highest BCUT2D eigenvalue weighted by atomic mass is 16.4. The Hall–Kier alpha value is -1.18. The first-order valence-corrected chi connectivity index (χ1v) is 6.00. The average molecular weight is 221 g/mol. The van der Waals surface area contributed by atoms with Gasteiger partial charge in [-0.15, -0.1) is 0 Å². The van der Waals surface area contributed by atoms with Crippen molar-refractivity contribution in [1.82, 2.24) is 0 Å². The van der Waals surface area contributed by atoms with Gasteiger partial charge < -0.3 is 9.32 Å². The molecular weight excluding hydrogens is 198 g/mol. The summed E-state index contributed by atoms with van der Waals surface area (Å²) in [6.07, 6.45) is 4.21. The van der Waals surface area contributed by atoms with Crippen LogP contribution in [0.15, 0.2) is 22.6 Å². The summed E-state index contributed by atoms with van der Waals surface area (Å²) in [6, 6.07) is 4.06. The van der Waals surface area contributed by atoms with Gasteiger partial charge in [0.25, 0.3) is 0 Å². The molecule has 1 aromatic heterocycles. The van der Waals surface area contributed by atoms with Gasteiger partial charge in [-0.25, -0.2) is 0 Å². The molecular formula is C14H23NO. The SMILES string of the molecule is CCN(CC)c1ccc(/C=C/C(C)(C)C)o1. The molecule has 0 atom stereocenters. The van der Waals surface area contributed by atoms with E-state index in [-0.39, 0.29) is 5.41 Å². The van der Waals surface area contributed by atoms with Crippen molar-refractivity contribution >= 4 is 12.0 Å². The lowest BCUT2D eigenvalue weighted by atomic mass is 9.96. The van der Waals surface area contributed by atoms with Crippen LogP contribution >= 0.6 is 0 Å². The second-order valence-electron chi connectivity index (χ2n) is 5.05. The quantitative estimate of drug-likeness (QED) is 0.758. The molecule has 0 radical (unpaired) electrons. The Labute approximate surface area is 98.9 Å². The van der Waals surface area contributed by atoms with Crippen LogP contribution in [0.1, 0.15) is 40.4 Å². The molecule has 0 aliphatic rings. The number of anilines is 1. The van der Waals surface area contributed by atoms with Gasteiger partial charge in [-0.3, -0.25) is 0 Å². The summed E-state index contributed by atoms with van der Waals surface area (Å²) in [4.78, 5) is 2.20. The maximum Gasteiger partial charge on any atom is 0.196 e. The van der Waals surface area contributed by atoms with Crippen LogP contribution in [-0.4, -0.2) is 13.1 Å². The third kappa shape index (κ3) is 3.76. The Morgan fingerprint density at radius 2 is 1.81 bits per heavy atom. The fraction of sp³-hybridized carbons (Fsp3) is 0.571. The van der Waals surface area contributed by atoms with Gasteiger partial charge in [0.2, 0.25) is 0 Å². The zero-order chi connectivity index (χ0) is 12.2. The van der Waals surface area contributed by atoms with Crippen molar-refractivity contribution in [3.8, 4) is 0 Å². The van der Waals surface area contributed by atoms with Crippen molar-refractivity contribution in [2.45, 2.75) is 34.6 Å². The zero-order valence-electron chi connectivity index (χ0n) is 11.1. The van der Waals surface area contributed by atoms with E-state index >= 15 is 0 Å². The smallest absolute Gasteiger partial charge is 0.196 e. The Kier molecular flexibility index (Phi) is 4.22. The maximum atomic E-state index is 5.76. The molecule has 16 heavy (non-hydrogen) atoms. The zero-order valence-corrected chi connectivity index (χ0v) is 11.1. The van der Waals surface area contributed by atoms with E-state index in [0.717, 1.165) is 24.7 Å². The summed E-state index contributed by atoms with van der Waals surface area (Å²) < 4.78 is 5.76. The molecule has 0 aliphatic heterocycles. The van der Waals surface area contributed by atoms with E-state index < -0.39 is 0 Å². The van der Waals surface area contributed by atoms with E-state index in [9.17, 15) is 0 Å². The Morgan fingerprint density at radius 1 is 1.19 bits per heavy atom. The number of furan rings is 1. The number of nitrogens with zero attached hydrogens (tertiary/aromatic N) is 1. The summed E-state index contributed by atoms with van der Waals surface area (Å²) in [5.41, 5.74) is 0.197. The largest absolute Gasteiger partial charge is 0.441 e. The van der Waals surface area contributed by atoms with E-state index in [4.69, 9.17) is 4.42 Å². The molecule has 0 aromatic carbocycles. The third-order valence-electron chi connectivity index (χ3n) is 2.44. The molecule has 0 N–H and O–H groups in total. The second-order valence-corrected chi connectivity index (χ2v) is 5.05. The van der Waals surface area contributed by atoms with Crippen LogP contribution in [0.3, 0.4) is 0 Å². The number of allylic oxidation sites excluding steroid dienone is 1. The molecule has 2 heteroatoms. The van der Waals surface area contributed by atoms with Gasteiger partial charge >= 0.3 is 0 Å². The van der Waals surface area contributed by atoms with Crippen molar-refractivity contribution in [2.24, 2.45) is 5.41 Å². The first-order valence-electron chi connectivity index (χ1n) is 6.00. The maximum absolute atomic E-state index is 5.76. The summed E-state index contributed by atoms with van der Waals surface area (Å²) in [7, 11) is 0. The minimum atomic E-state index is 0.197. The second kappa shape index (κ2) is 5.24. The van der Waals surface area contributed by atoms with E-state index in [1.165, 1.54) is 0 Å². The lowest BCUT2D eigenvalue weighted by Crippen LogP contribution is -2.20. The van der Waals surface area contributed by atoms with Crippen LogP contribution < -0.4 is 4.90 Å². The third-order valence-corrected chi connectivity index (χ3v) is 2.44. The Bertz CT molecular complexity index is 340. The molecule has 0 unspecified atom stereocenters. The highest BCUT2D eigenvalue weighted by Gasteiger charge is 2.07. The minimum Gasteiger partial charge on any atom is -0.441 e. The highest BCUT2D eigenvalue weighted by molar-refractivity contribution is 5.48. The van der Waals surface area contributed by atoms with Gasteiger partial charge in [-0.1, -0.05) is 26.8 Å². The molecule has 90 valence electrons. The average Bonchev–Trinajstić information content (AvgIpc) is 2.65. The van der Waals surface area contributed by atoms with Crippen LogP contribution in [0.2, 0.25) is 0 Å². The predicted molar refractivity (Wildman–Crippen MR) is 70.8 cm³/mol. The topological polar surface area (TPSA) is 16.4 Å². The molecule has 0 saturated heterocycles.